The Morgan fingerprint density at radius 3 is 2.58 bits per heavy atom. The Bertz CT molecular complexity index is 903. The van der Waals surface area contributed by atoms with Gasteiger partial charge < -0.3 is 5.11 Å². The van der Waals surface area contributed by atoms with E-state index in [1.807, 2.05) is 41.9 Å². The lowest BCUT2D eigenvalue weighted by molar-refractivity contribution is 0.0453. The topological polar surface area (TPSA) is 41.3 Å². The highest BCUT2D eigenvalue weighted by molar-refractivity contribution is 5.37. The van der Waals surface area contributed by atoms with Crippen LogP contribution < -0.4 is 0 Å². The van der Waals surface area contributed by atoms with Gasteiger partial charge in [0.15, 0.2) is 0 Å². The number of rotatable bonds is 4. The first-order chi connectivity index (χ1) is 12.5. The van der Waals surface area contributed by atoms with Crippen LogP contribution in [-0.2, 0) is 12.1 Å². The largest absolute Gasteiger partial charge is 0.384 e. The lowest BCUT2D eigenvalue weighted by atomic mass is 9.93. The number of benzene rings is 2. The van der Waals surface area contributed by atoms with Crippen molar-refractivity contribution in [3.63, 3.8) is 0 Å². The summed E-state index contributed by atoms with van der Waals surface area (Å²) in [7, 11) is 0. The number of aromatic nitrogens is 2. The van der Waals surface area contributed by atoms with Crippen molar-refractivity contribution in [2.45, 2.75) is 32.4 Å². The maximum atomic E-state index is 11.0. The Morgan fingerprint density at radius 1 is 1.04 bits per heavy atom. The molecule has 0 bridgehead atoms. The summed E-state index contributed by atoms with van der Waals surface area (Å²) in [6.45, 7) is 6.49. The lowest BCUT2D eigenvalue weighted by Crippen LogP contribution is -2.30. The van der Waals surface area contributed by atoms with E-state index in [0.717, 1.165) is 42.1 Å². The molecule has 1 atom stereocenters. The van der Waals surface area contributed by atoms with Crippen LogP contribution in [-0.4, -0.2) is 32.9 Å². The van der Waals surface area contributed by atoms with Gasteiger partial charge in [-0.15, -0.1) is 0 Å². The molecule has 1 N–H and O–H groups in total. The predicted octanol–water partition coefficient (Wildman–Crippen LogP) is 3.58. The molecule has 0 spiro atoms. The van der Waals surface area contributed by atoms with E-state index in [-0.39, 0.29) is 0 Å². The molecule has 2 heterocycles. The van der Waals surface area contributed by atoms with E-state index in [4.69, 9.17) is 0 Å². The summed E-state index contributed by atoms with van der Waals surface area (Å²) in [4.78, 5) is 2.33. The van der Waals surface area contributed by atoms with E-state index < -0.39 is 5.60 Å². The number of β-amino-alcohol motifs (C(OH)–C–C–N with tert-alkyl or cyclic N) is 1. The van der Waals surface area contributed by atoms with Crippen LogP contribution >= 0.6 is 0 Å². The first-order valence-electron chi connectivity index (χ1n) is 9.16. The van der Waals surface area contributed by atoms with Crippen molar-refractivity contribution in [1.82, 2.24) is 14.7 Å². The number of likely N-dealkylation sites (tertiary alicyclic amines) is 1. The maximum absolute atomic E-state index is 11.0. The van der Waals surface area contributed by atoms with Crippen molar-refractivity contribution in [3.05, 3.63) is 83.2 Å². The van der Waals surface area contributed by atoms with Crippen LogP contribution in [0.25, 0.3) is 5.69 Å². The molecule has 4 rings (SSSR count). The lowest BCUT2D eigenvalue weighted by Gasteiger charge is -2.24. The second-order valence-corrected chi connectivity index (χ2v) is 7.37. The molecular formula is C22H25N3O. The fourth-order valence-corrected chi connectivity index (χ4v) is 3.93. The standard InChI is InChI=1S/C22H25N3O/c1-17-13-18(2)25(23-17)21-10-6-7-19(14-21)15-24-12-11-22(26,16-24)20-8-4-3-5-9-20/h3-10,13-14,26H,11-12,15-16H2,1-2H3. The molecule has 4 nitrogen and oxygen atoms in total. The van der Waals surface area contributed by atoms with Crippen LogP contribution in [0.1, 0.15) is 28.9 Å². The SMILES string of the molecule is Cc1cc(C)n(-c2cccc(CN3CCC(O)(c4ccccc4)C3)c2)n1. The summed E-state index contributed by atoms with van der Waals surface area (Å²) < 4.78 is 1.99. The quantitative estimate of drug-likeness (QED) is 0.784. The van der Waals surface area contributed by atoms with Gasteiger partial charge in [0.1, 0.15) is 5.60 Å². The van der Waals surface area contributed by atoms with Crippen LogP contribution in [0.15, 0.2) is 60.7 Å². The summed E-state index contributed by atoms with van der Waals surface area (Å²) in [5.74, 6) is 0. The highest BCUT2D eigenvalue weighted by Gasteiger charge is 2.37. The molecule has 1 unspecified atom stereocenters. The summed E-state index contributed by atoms with van der Waals surface area (Å²) in [5.41, 5.74) is 4.77. The molecule has 2 aromatic carbocycles. The zero-order valence-electron chi connectivity index (χ0n) is 15.4. The summed E-state index contributed by atoms with van der Waals surface area (Å²) in [6, 6.07) is 20.6. The van der Waals surface area contributed by atoms with Gasteiger partial charge in [-0.2, -0.15) is 5.10 Å². The van der Waals surface area contributed by atoms with Gasteiger partial charge in [-0.25, -0.2) is 4.68 Å². The summed E-state index contributed by atoms with van der Waals surface area (Å²) in [6.07, 6.45) is 0.772. The van der Waals surface area contributed by atoms with Gasteiger partial charge in [0.2, 0.25) is 0 Å². The third kappa shape index (κ3) is 3.30. The molecule has 0 aliphatic carbocycles. The Morgan fingerprint density at radius 2 is 1.85 bits per heavy atom. The van der Waals surface area contributed by atoms with Crippen LogP contribution in [0, 0.1) is 13.8 Å². The van der Waals surface area contributed by atoms with E-state index in [1.54, 1.807) is 0 Å². The van der Waals surface area contributed by atoms with Gasteiger partial charge in [-0.1, -0.05) is 42.5 Å². The number of hydrogen-bond donors (Lipinski definition) is 1. The van der Waals surface area contributed by atoms with Gasteiger partial charge in [0.25, 0.3) is 0 Å². The highest BCUT2D eigenvalue weighted by atomic mass is 16.3. The number of hydrogen-bond acceptors (Lipinski definition) is 3. The molecular weight excluding hydrogens is 322 g/mol. The first-order valence-corrected chi connectivity index (χ1v) is 9.16. The van der Waals surface area contributed by atoms with Crippen molar-refractivity contribution in [3.8, 4) is 5.69 Å². The molecule has 3 aromatic rings. The monoisotopic (exact) mass is 347 g/mol. The fourth-order valence-electron chi connectivity index (χ4n) is 3.93. The van der Waals surface area contributed by atoms with E-state index in [9.17, 15) is 5.11 Å². The zero-order chi connectivity index (χ0) is 18.1. The normalized spacial score (nSPS) is 20.6. The Balaban J connectivity index is 1.50. The first kappa shape index (κ1) is 17.0. The molecule has 4 heteroatoms. The third-order valence-corrected chi connectivity index (χ3v) is 5.21. The smallest absolute Gasteiger partial charge is 0.103 e. The molecule has 0 saturated carbocycles. The van der Waals surface area contributed by atoms with Crippen molar-refractivity contribution in [1.29, 1.82) is 0 Å². The molecule has 26 heavy (non-hydrogen) atoms. The second kappa shape index (κ2) is 6.71. The molecule has 1 saturated heterocycles. The highest BCUT2D eigenvalue weighted by Crippen LogP contribution is 2.32. The number of aliphatic hydroxyl groups is 1. The van der Waals surface area contributed by atoms with Crippen molar-refractivity contribution >= 4 is 0 Å². The Kier molecular flexibility index (Phi) is 4.39. The van der Waals surface area contributed by atoms with E-state index in [1.165, 1.54) is 5.56 Å². The van der Waals surface area contributed by atoms with Gasteiger partial charge >= 0.3 is 0 Å². The summed E-state index contributed by atoms with van der Waals surface area (Å²) >= 11 is 0. The van der Waals surface area contributed by atoms with Gasteiger partial charge in [-0.05, 0) is 49.6 Å². The fraction of sp³-hybridized carbons (Fsp3) is 0.318. The molecule has 1 aromatic heterocycles. The van der Waals surface area contributed by atoms with Gasteiger partial charge in [-0.3, -0.25) is 4.90 Å². The van der Waals surface area contributed by atoms with Crippen molar-refractivity contribution in [2.24, 2.45) is 0 Å². The molecule has 1 fully saturated rings. The number of nitrogens with zero attached hydrogens (tertiary/aromatic N) is 3. The molecule has 0 radical (unpaired) electrons. The predicted molar refractivity (Wildman–Crippen MR) is 103 cm³/mol. The number of aryl methyl sites for hydroxylation is 2. The molecule has 134 valence electrons. The average Bonchev–Trinajstić information content (AvgIpc) is 3.18. The van der Waals surface area contributed by atoms with Crippen LogP contribution in [0.4, 0.5) is 0 Å². The summed E-state index contributed by atoms with van der Waals surface area (Å²) in [5, 5.41) is 15.6. The van der Waals surface area contributed by atoms with Gasteiger partial charge in [0, 0.05) is 25.3 Å². The minimum atomic E-state index is -0.742. The van der Waals surface area contributed by atoms with Crippen molar-refractivity contribution in [2.75, 3.05) is 13.1 Å². The van der Waals surface area contributed by atoms with Crippen molar-refractivity contribution < 1.29 is 5.11 Å². The second-order valence-electron chi connectivity index (χ2n) is 7.37. The Hall–Kier alpha value is -2.43. The minimum absolute atomic E-state index is 0.668. The third-order valence-electron chi connectivity index (χ3n) is 5.21. The van der Waals surface area contributed by atoms with E-state index in [0.29, 0.717) is 6.54 Å². The maximum Gasteiger partial charge on any atom is 0.103 e. The van der Waals surface area contributed by atoms with E-state index >= 15 is 0 Å². The van der Waals surface area contributed by atoms with Gasteiger partial charge in [0.05, 0.1) is 11.4 Å². The minimum Gasteiger partial charge on any atom is -0.384 e. The van der Waals surface area contributed by atoms with Crippen LogP contribution in [0.2, 0.25) is 0 Å². The molecule has 1 aliphatic heterocycles. The van der Waals surface area contributed by atoms with E-state index in [2.05, 4.69) is 47.3 Å². The zero-order valence-corrected chi connectivity index (χ0v) is 15.4. The molecule has 0 amide bonds. The van der Waals surface area contributed by atoms with Crippen LogP contribution in [0.5, 0.6) is 0 Å². The average molecular weight is 347 g/mol. The van der Waals surface area contributed by atoms with Crippen LogP contribution in [0.3, 0.4) is 0 Å². The Labute approximate surface area is 154 Å². The molecule has 1 aliphatic rings.